The number of nitrogens with zero attached hydrogens (tertiary/aromatic N) is 1. The maximum Gasteiger partial charge on any atom is 0.0853 e. The van der Waals surface area contributed by atoms with E-state index in [-0.39, 0.29) is 0 Å². The number of halogens is 2. The van der Waals surface area contributed by atoms with Crippen molar-refractivity contribution in [3.8, 4) is 0 Å². The first-order valence-electron chi connectivity index (χ1n) is 4.84. The first-order chi connectivity index (χ1) is 7.09. The lowest BCUT2D eigenvalue weighted by atomic mass is 10.1. The molecule has 0 radical (unpaired) electrons. The van der Waals surface area contributed by atoms with Crippen molar-refractivity contribution in [3.05, 3.63) is 38.6 Å². The van der Waals surface area contributed by atoms with Gasteiger partial charge in [0, 0.05) is 14.7 Å². The predicted octanol–water partition coefficient (Wildman–Crippen LogP) is 4.62. The van der Waals surface area contributed by atoms with Crippen LogP contribution < -0.4 is 0 Å². The minimum Gasteiger partial charge on any atom is -0.251 e. The Kier molecular flexibility index (Phi) is 3.16. The zero-order valence-electron chi connectivity index (χ0n) is 8.59. The Bertz CT molecular complexity index is 508. The van der Waals surface area contributed by atoms with E-state index in [1.165, 1.54) is 0 Å². The molecule has 0 amide bonds. The molecule has 0 atom stereocenters. The summed E-state index contributed by atoms with van der Waals surface area (Å²) >= 11 is 8.53. The Morgan fingerprint density at radius 3 is 2.73 bits per heavy atom. The summed E-state index contributed by atoms with van der Waals surface area (Å²) in [6.07, 6.45) is 0. The van der Waals surface area contributed by atoms with Gasteiger partial charge in [0.15, 0.2) is 0 Å². The monoisotopic (exact) mass is 331 g/mol. The molecule has 0 aliphatic heterocycles. The molecule has 0 aliphatic carbocycles. The van der Waals surface area contributed by atoms with Crippen molar-refractivity contribution in [2.24, 2.45) is 0 Å². The van der Waals surface area contributed by atoms with Crippen molar-refractivity contribution in [2.75, 3.05) is 0 Å². The van der Waals surface area contributed by atoms with Gasteiger partial charge < -0.3 is 0 Å². The van der Waals surface area contributed by atoms with Gasteiger partial charge in [0.25, 0.3) is 0 Å². The fraction of sp³-hybridized carbons (Fsp3) is 0.250. The lowest BCUT2D eigenvalue weighted by molar-refractivity contribution is 0.830. The maximum atomic E-state index is 6.23. The molecule has 0 fully saturated rings. The molecule has 0 bridgehead atoms. The highest BCUT2D eigenvalue weighted by atomic mass is 127. The maximum absolute atomic E-state index is 6.23. The molecule has 15 heavy (non-hydrogen) atoms. The minimum atomic E-state index is 0.405. The number of pyridine rings is 1. The highest BCUT2D eigenvalue weighted by Gasteiger charge is 2.08. The molecule has 2 rings (SSSR count). The van der Waals surface area contributed by atoms with E-state index in [0.717, 1.165) is 25.2 Å². The third kappa shape index (κ3) is 2.11. The molecule has 0 saturated heterocycles. The van der Waals surface area contributed by atoms with Crippen LogP contribution >= 0.6 is 34.2 Å². The van der Waals surface area contributed by atoms with Crippen molar-refractivity contribution in [2.45, 2.75) is 19.8 Å². The number of fused-ring (bicyclic) bond motifs is 1. The van der Waals surface area contributed by atoms with Crippen LogP contribution in [-0.2, 0) is 0 Å². The zero-order valence-corrected chi connectivity index (χ0v) is 11.5. The van der Waals surface area contributed by atoms with Crippen LogP contribution in [0.4, 0.5) is 0 Å². The standard InChI is InChI=1S/C12H11ClIN/c1-7(2)11-6-9(13)8-4-3-5-10(14)12(8)15-11/h3-7H,1-2H3. The number of para-hydroxylation sites is 1. The summed E-state index contributed by atoms with van der Waals surface area (Å²) < 4.78 is 1.15. The van der Waals surface area contributed by atoms with Crippen LogP contribution in [0.1, 0.15) is 25.5 Å². The molecular formula is C12H11ClIN. The van der Waals surface area contributed by atoms with Crippen LogP contribution in [0.3, 0.4) is 0 Å². The molecule has 1 heterocycles. The Morgan fingerprint density at radius 2 is 2.07 bits per heavy atom. The fourth-order valence-corrected chi connectivity index (χ4v) is 2.37. The summed E-state index contributed by atoms with van der Waals surface area (Å²) in [6.45, 7) is 4.25. The minimum absolute atomic E-state index is 0.405. The Morgan fingerprint density at radius 1 is 1.33 bits per heavy atom. The Labute approximate surface area is 108 Å². The van der Waals surface area contributed by atoms with E-state index in [2.05, 4.69) is 47.5 Å². The quantitative estimate of drug-likeness (QED) is 0.695. The number of hydrogen-bond donors (Lipinski definition) is 0. The van der Waals surface area contributed by atoms with Gasteiger partial charge in [0.2, 0.25) is 0 Å². The van der Waals surface area contributed by atoms with Crippen molar-refractivity contribution in [1.29, 1.82) is 0 Å². The molecule has 0 unspecified atom stereocenters. The van der Waals surface area contributed by atoms with Gasteiger partial charge in [-0.1, -0.05) is 37.6 Å². The van der Waals surface area contributed by atoms with Gasteiger partial charge in [-0.05, 0) is 40.6 Å². The molecule has 2 aromatic rings. The smallest absolute Gasteiger partial charge is 0.0853 e. The summed E-state index contributed by atoms with van der Waals surface area (Å²) in [6, 6.07) is 8.03. The van der Waals surface area contributed by atoms with Crippen LogP contribution in [0.5, 0.6) is 0 Å². The lowest BCUT2D eigenvalue weighted by Gasteiger charge is -2.08. The van der Waals surface area contributed by atoms with Crippen LogP contribution in [0.25, 0.3) is 10.9 Å². The van der Waals surface area contributed by atoms with E-state index in [0.29, 0.717) is 5.92 Å². The largest absolute Gasteiger partial charge is 0.251 e. The van der Waals surface area contributed by atoms with Gasteiger partial charge in [-0.3, -0.25) is 4.98 Å². The second-order valence-electron chi connectivity index (χ2n) is 3.82. The highest BCUT2D eigenvalue weighted by molar-refractivity contribution is 14.1. The molecule has 0 aliphatic rings. The van der Waals surface area contributed by atoms with Crippen molar-refractivity contribution in [3.63, 3.8) is 0 Å². The van der Waals surface area contributed by atoms with Crippen LogP contribution in [0.15, 0.2) is 24.3 Å². The molecule has 0 spiro atoms. The van der Waals surface area contributed by atoms with Crippen LogP contribution in [-0.4, -0.2) is 4.98 Å². The normalized spacial score (nSPS) is 11.3. The van der Waals surface area contributed by atoms with E-state index >= 15 is 0 Å². The number of rotatable bonds is 1. The van der Waals surface area contributed by atoms with E-state index in [4.69, 9.17) is 11.6 Å². The Hall–Kier alpha value is -0.350. The first kappa shape index (κ1) is 11.1. The van der Waals surface area contributed by atoms with Crippen molar-refractivity contribution in [1.82, 2.24) is 4.98 Å². The SMILES string of the molecule is CC(C)c1cc(Cl)c2cccc(I)c2n1. The fourth-order valence-electron chi connectivity index (χ4n) is 1.49. The Balaban J connectivity index is 2.80. The molecular weight excluding hydrogens is 320 g/mol. The van der Waals surface area contributed by atoms with Crippen LogP contribution in [0, 0.1) is 3.57 Å². The first-order valence-corrected chi connectivity index (χ1v) is 6.30. The summed E-state index contributed by atoms with van der Waals surface area (Å²) in [5, 5.41) is 1.83. The molecule has 1 aromatic carbocycles. The second kappa shape index (κ2) is 4.26. The van der Waals surface area contributed by atoms with Gasteiger partial charge in [-0.2, -0.15) is 0 Å². The molecule has 1 aromatic heterocycles. The third-order valence-electron chi connectivity index (χ3n) is 2.35. The highest BCUT2D eigenvalue weighted by Crippen LogP contribution is 2.28. The van der Waals surface area contributed by atoms with E-state index < -0.39 is 0 Å². The molecule has 0 saturated carbocycles. The third-order valence-corrected chi connectivity index (χ3v) is 3.53. The van der Waals surface area contributed by atoms with E-state index in [1.807, 2.05) is 18.2 Å². The lowest BCUT2D eigenvalue weighted by Crippen LogP contribution is -1.94. The summed E-state index contributed by atoms with van der Waals surface area (Å²) in [7, 11) is 0. The van der Waals surface area contributed by atoms with Gasteiger partial charge in [-0.25, -0.2) is 0 Å². The van der Waals surface area contributed by atoms with Gasteiger partial charge in [0.1, 0.15) is 0 Å². The zero-order chi connectivity index (χ0) is 11.0. The second-order valence-corrected chi connectivity index (χ2v) is 5.39. The van der Waals surface area contributed by atoms with Crippen molar-refractivity contribution >= 4 is 45.1 Å². The number of benzene rings is 1. The molecule has 3 heteroatoms. The van der Waals surface area contributed by atoms with Crippen LogP contribution in [0.2, 0.25) is 5.02 Å². The van der Waals surface area contributed by atoms with E-state index in [9.17, 15) is 0 Å². The van der Waals surface area contributed by atoms with Gasteiger partial charge >= 0.3 is 0 Å². The van der Waals surface area contributed by atoms with Crippen molar-refractivity contribution < 1.29 is 0 Å². The summed E-state index contributed by atoms with van der Waals surface area (Å²) in [4.78, 5) is 4.64. The predicted molar refractivity (Wildman–Crippen MR) is 73.6 cm³/mol. The summed E-state index contributed by atoms with van der Waals surface area (Å²) in [5.41, 5.74) is 2.06. The number of hydrogen-bond acceptors (Lipinski definition) is 1. The van der Waals surface area contributed by atoms with Gasteiger partial charge in [-0.15, -0.1) is 0 Å². The van der Waals surface area contributed by atoms with Gasteiger partial charge in [0.05, 0.1) is 10.5 Å². The number of aromatic nitrogens is 1. The molecule has 78 valence electrons. The summed E-state index contributed by atoms with van der Waals surface area (Å²) in [5.74, 6) is 0.405. The van der Waals surface area contributed by atoms with E-state index in [1.54, 1.807) is 0 Å². The molecule has 1 nitrogen and oxygen atoms in total. The topological polar surface area (TPSA) is 12.9 Å². The molecule has 0 N–H and O–H groups in total. The average Bonchev–Trinajstić information content (AvgIpc) is 2.19. The average molecular weight is 332 g/mol.